The lowest BCUT2D eigenvalue weighted by atomic mass is 10.2. The van der Waals surface area contributed by atoms with Crippen LogP contribution in [-0.4, -0.2) is 44.8 Å². The summed E-state index contributed by atoms with van der Waals surface area (Å²) < 4.78 is 20.2. The van der Waals surface area contributed by atoms with E-state index in [1.54, 1.807) is 37.3 Å². The first-order chi connectivity index (χ1) is 15.5. The first kappa shape index (κ1) is 24.0. The number of esters is 2. The van der Waals surface area contributed by atoms with Crippen LogP contribution < -0.4 is 14.8 Å². The Labute approximate surface area is 185 Å². The van der Waals surface area contributed by atoms with Gasteiger partial charge in [-0.1, -0.05) is 6.07 Å². The highest BCUT2D eigenvalue weighted by Crippen LogP contribution is 2.28. The van der Waals surface area contributed by atoms with Gasteiger partial charge in [0.05, 0.1) is 19.3 Å². The minimum Gasteiger partial charge on any atom is -0.493 e. The highest BCUT2D eigenvalue weighted by Gasteiger charge is 2.09. The van der Waals surface area contributed by atoms with E-state index < -0.39 is 24.5 Å². The van der Waals surface area contributed by atoms with Crippen molar-refractivity contribution in [1.29, 1.82) is 5.26 Å². The van der Waals surface area contributed by atoms with Crippen molar-refractivity contribution in [2.45, 2.75) is 6.92 Å². The maximum atomic E-state index is 12.0. The molecule has 0 heterocycles. The van der Waals surface area contributed by atoms with Crippen LogP contribution >= 0.6 is 0 Å². The van der Waals surface area contributed by atoms with Gasteiger partial charge in [-0.25, -0.2) is 9.59 Å². The molecule has 0 aliphatic heterocycles. The highest BCUT2D eigenvalue weighted by atomic mass is 16.5. The zero-order chi connectivity index (χ0) is 23.3. The Kier molecular flexibility index (Phi) is 9.28. The second-order valence-electron chi connectivity index (χ2n) is 6.14. The third kappa shape index (κ3) is 7.50. The van der Waals surface area contributed by atoms with Crippen LogP contribution in [0.5, 0.6) is 11.5 Å². The third-order valence-corrected chi connectivity index (χ3v) is 3.92. The van der Waals surface area contributed by atoms with Crippen molar-refractivity contribution in [1.82, 2.24) is 0 Å². The van der Waals surface area contributed by atoms with Crippen LogP contribution in [0.1, 0.15) is 22.8 Å². The van der Waals surface area contributed by atoms with E-state index in [2.05, 4.69) is 5.32 Å². The molecular weight excluding hydrogens is 416 g/mol. The summed E-state index contributed by atoms with van der Waals surface area (Å²) in [6, 6.07) is 12.9. The Hall–Kier alpha value is -4.32. The molecule has 0 saturated carbocycles. The number of hydrogen-bond acceptors (Lipinski definition) is 8. The second kappa shape index (κ2) is 12.4. The number of anilines is 1. The molecule has 1 amide bonds. The smallest absolute Gasteiger partial charge is 0.338 e. The van der Waals surface area contributed by atoms with Crippen LogP contribution in [0.3, 0.4) is 0 Å². The third-order valence-electron chi connectivity index (χ3n) is 3.92. The Morgan fingerprint density at radius 2 is 1.81 bits per heavy atom. The van der Waals surface area contributed by atoms with Crippen LogP contribution in [-0.2, 0) is 19.1 Å². The fourth-order valence-electron chi connectivity index (χ4n) is 2.47. The molecule has 0 fully saturated rings. The quantitative estimate of drug-likeness (QED) is 0.443. The minimum absolute atomic E-state index is 0.116. The predicted octanol–water partition coefficient (Wildman–Crippen LogP) is 2.97. The van der Waals surface area contributed by atoms with Crippen molar-refractivity contribution >= 4 is 29.6 Å². The Bertz CT molecular complexity index is 1020. The Morgan fingerprint density at radius 3 is 2.47 bits per heavy atom. The molecule has 0 spiro atoms. The summed E-state index contributed by atoms with van der Waals surface area (Å²) in [4.78, 5) is 35.5. The molecule has 32 heavy (non-hydrogen) atoms. The zero-order valence-electron chi connectivity index (χ0n) is 17.6. The largest absolute Gasteiger partial charge is 0.493 e. The molecule has 9 heteroatoms. The Morgan fingerprint density at radius 1 is 1.06 bits per heavy atom. The van der Waals surface area contributed by atoms with E-state index >= 15 is 0 Å². The van der Waals surface area contributed by atoms with E-state index in [4.69, 9.17) is 24.2 Å². The maximum absolute atomic E-state index is 12.0. The molecule has 166 valence electrons. The maximum Gasteiger partial charge on any atom is 0.338 e. The van der Waals surface area contributed by atoms with Gasteiger partial charge in [-0.05, 0) is 55.0 Å². The molecule has 2 aromatic carbocycles. The van der Waals surface area contributed by atoms with Gasteiger partial charge in [-0.3, -0.25) is 4.79 Å². The molecule has 0 aliphatic rings. The van der Waals surface area contributed by atoms with Gasteiger partial charge in [0.15, 0.2) is 24.7 Å². The van der Waals surface area contributed by atoms with Crippen molar-refractivity contribution in [3.8, 4) is 17.6 Å². The number of nitrogens with zero attached hydrogens (tertiary/aromatic N) is 1. The fourth-order valence-corrected chi connectivity index (χ4v) is 2.47. The molecule has 0 bridgehead atoms. The van der Waals surface area contributed by atoms with Crippen LogP contribution in [0.2, 0.25) is 0 Å². The molecule has 1 N–H and O–H groups in total. The monoisotopic (exact) mass is 438 g/mol. The molecule has 0 radical (unpaired) electrons. The average Bonchev–Trinajstić information content (AvgIpc) is 2.80. The van der Waals surface area contributed by atoms with Gasteiger partial charge in [0.25, 0.3) is 5.91 Å². The second-order valence-corrected chi connectivity index (χ2v) is 6.14. The number of carbonyl (C=O) groups excluding carboxylic acids is 3. The van der Waals surface area contributed by atoms with Gasteiger partial charge < -0.3 is 24.3 Å². The summed E-state index contributed by atoms with van der Waals surface area (Å²) in [6.45, 7) is 1.39. The molecule has 2 aromatic rings. The van der Waals surface area contributed by atoms with Crippen LogP contribution in [0.15, 0.2) is 48.5 Å². The molecule has 9 nitrogen and oxygen atoms in total. The van der Waals surface area contributed by atoms with Gasteiger partial charge in [0.2, 0.25) is 0 Å². The number of nitrogens with one attached hydrogen (secondary N) is 1. The SMILES string of the molecule is CCOC(=O)c1ccc(NC(=O)COC(=O)C=Cc2ccc(OCC#N)c(OC)c2)cc1. The van der Waals surface area contributed by atoms with E-state index in [1.807, 2.05) is 6.07 Å². The van der Waals surface area contributed by atoms with Gasteiger partial charge in [0, 0.05) is 11.8 Å². The van der Waals surface area contributed by atoms with E-state index in [0.29, 0.717) is 28.3 Å². The summed E-state index contributed by atoms with van der Waals surface area (Å²) in [7, 11) is 1.46. The summed E-state index contributed by atoms with van der Waals surface area (Å²) in [5, 5.41) is 11.1. The van der Waals surface area contributed by atoms with Crippen LogP contribution in [0.25, 0.3) is 6.08 Å². The molecule has 0 aromatic heterocycles. The van der Waals surface area contributed by atoms with Gasteiger partial charge in [-0.15, -0.1) is 0 Å². The van der Waals surface area contributed by atoms with Crippen molar-refractivity contribution in [3.05, 3.63) is 59.7 Å². The van der Waals surface area contributed by atoms with Crippen molar-refractivity contribution in [3.63, 3.8) is 0 Å². The first-order valence-electron chi connectivity index (χ1n) is 9.56. The average molecular weight is 438 g/mol. The normalized spacial score (nSPS) is 10.2. The number of methoxy groups -OCH3 is 1. The molecule has 2 rings (SSSR count). The lowest BCUT2D eigenvalue weighted by Gasteiger charge is -2.08. The fraction of sp³-hybridized carbons (Fsp3) is 0.217. The topological polar surface area (TPSA) is 124 Å². The van der Waals surface area contributed by atoms with Crippen LogP contribution in [0.4, 0.5) is 5.69 Å². The standard InChI is InChI=1S/C23H22N2O7/c1-3-30-23(28)17-6-8-18(9-7-17)25-21(26)15-32-22(27)11-5-16-4-10-19(31-13-12-24)20(14-16)29-2/h4-11,14H,3,13,15H2,1-2H3,(H,25,26). The number of nitriles is 1. The van der Waals surface area contributed by atoms with E-state index in [0.717, 1.165) is 0 Å². The summed E-state index contributed by atoms with van der Waals surface area (Å²) >= 11 is 0. The number of hydrogen-bond donors (Lipinski definition) is 1. The number of ether oxygens (including phenoxy) is 4. The minimum atomic E-state index is -0.707. The van der Waals surface area contributed by atoms with Gasteiger partial charge in [-0.2, -0.15) is 5.26 Å². The molecule has 0 saturated heterocycles. The highest BCUT2D eigenvalue weighted by molar-refractivity contribution is 5.95. The zero-order valence-corrected chi connectivity index (χ0v) is 17.6. The van der Waals surface area contributed by atoms with E-state index in [1.165, 1.54) is 31.4 Å². The molecular formula is C23H22N2O7. The van der Waals surface area contributed by atoms with E-state index in [9.17, 15) is 14.4 Å². The molecule has 0 unspecified atom stereocenters. The molecule has 0 aliphatic carbocycles. The van der Waals surface area contributed by atoms with Crippen LogP contribution in [0, 0.1) is 11.3 Å². The lowest BCUT2D eigenvalue weighted by molar-refractivity contribution is -0.142. The number of carbonyl (C=O) groups is 3. The van der Waals surface area contributed by atoms with Crippen molar-refractivity contribution in [2.24, 2.45) is 0 Å². The number of benzene rings is 2. The number of rotatable bonds is 10. The van der Waals surface area contributed by atoms with Crippen molar-refractivity contribution < 1.29 is 33.3 Å². The summed E-state index contributed by atoms with van der Waals surface area (Å²) in [5.74, 6) is -0.879. The predicted molar refractivity (Wildman–Crippen MR) is 115 cm³/mol. The molecule has 0 atom stereocenters. The summed E-state index contributed by atoms with van der Waals surface area (Å²) in [5.41, 5.74) is 1.44. The Balaban J connectivity index is 1.84. The number of amides is 1. The lowest BCUT2D eigenvalue weighted by Crippen LogP contribution is -2.20. The van der Waals surface area contributed by atoms with Gasteiger partial charge >= 0.3 is 11.9 Å². The summed E-state index contributed by atoms with van der Waals surface area (Å²) in [6.07, 6.45) is 2.66. The van der Waals surface area contributed by atoms with Crippen molar-refractivity contribution in [2.75, 3.05) is 32.2 Å². The van der Waals surface area contributed by atoms with E-state index in [-0.39, 0.29) is 13.2 Å². The first-order valence-corrected chi connectivity index (χ1v) is 9.56. The van der Waals surface area contributed by atoms with Gasteiger partial charge in [0.1, 0.15) is 6.07 Å².